The van der Waals surface area contributed by atoms with E-state index in [4.69, 9.17) is 9.15 Å². The maximum atomic E-state index is 11.1. The van der Waals surface area contributed by atoms with E-state index in [1.165, 1.54) is 12.1 Å². The minimum absolute atomic E-state index is 0.106. The zero-order chi connectivity index (χ0) is 12.7. The van der Waals surface area contributed by atoms with E-state index in [1.807, 2.05) is 0 Å². The minimum Gasteiger partial charge on any atom is -0.508 e. The molecule has 0 aliphatic carbocycles. The van der Waals surface area contributed by atoms with Crippen molar-refractivity contribution in [3.05, 3.63) is 40.1 Å². The fraction of sp³-hybridized carbons (Fsp3) is 0.250. The fourth-order valence-electron chi connectivity index (χ4n) is 2.22. The molecule has 1 atom stereocenters. The van der Waals surface area contributed by atoms with Crippen LogP contribution in [0.1, 0.15) is 23.7 Å². The van der Waals surface area contributed by atoms with Crippen molar-refractivity contribution >= 4 is 0 Å². The second kappa shape index (κ2) is 3.83. The molecule has 0 spiro atoms. The van der Waals surface area contributed by atoms with E-state index in [9.17, 15) is 15.0 Å². The number of phenolic OH excluding ortho intramolecular Hbond substituents is 1. The lowest BCUT2D eigenvalue weighted by Crippen LogP contribution is -2.14. The molecule has 6 heteroatoms. The van der Waals surface area contributed by atoms with Crippen molar-refractivity contribution in [1.29, 1.82) is 0 Å². The lowest BCUT2D eigenvalue weighted by Gasteiger charge is -2.24. The van der Waals surface area contributed by atoms with E-state index in [-0.39, 0.29) is 23.3 Å². The van der Waals surface area contributed by atoms with Crippen molar-refractivity contribution in [1.82, 2.24) is 4.98 Å². The van der Waals surface area contributed by atoms with Crippen molar-refractivity contribution in [3.63, 3.8) is 0 Å². The Balaban J connectivity index is 2.11. The van der Waals surface area contributed by atoms with Gasteiger partial charge in [0.2, 0.25) is 5.88 Å². The molecule has 0 radical (unpaired) electrons. The summed E-state index contributed by atoms with van der Waals surface area (Å²) in [6, 6.07) is 4.73. The Bertz CT molecular complexity index is 642. The van der Waals surface area contributed by atoms with Gasteiger partial charge < -0.3 is 19.4 Å². The van der Waals surface area contributed by atoms with Crippen LogP contribution in [-0.4, -0.2) is 21.8 Å². The first kappa shape index (κ1) is 10.8. The average molecular weight is 249 g/mol. The quantitative estimate of drug-likeness (QED) is 0.707. The number of hydrogen-bond donors (Lipinski definition) is 3. The Labute approximate surface area is 101 Å². The molecule has 3 N–H and O–H groups in total. The molecule has 94 valence electrons. The first-order valence-electron chi connectivity index (χ1n) is 5.53. The molecule has 3 rings (SSSR count). The van der Waals surface area contributed by atoms with E-state index in [2.05, 4.69) is 4.98 Å². The summed E-state index contributed by atoms with van der Waals surface area (Å²) in [4.78, 5) is 13.3. The van der Waals surface area contributed by atoms with Gasteiger partial charge in [0.1, 0.15) is 11.5 Å². The van der Waals surface area contributed by atoms with Crippen LogP contribution in [-0.2, 0) is 0 Å². The number of ether oxygens (including phenoxy) is 1. The smallest absolute Gasteiger partial charge is 0.419 e. The third-order valence-electron chi connectivity index (χ3n) is 3.01. The Morgan fingerprint density at radius 2 is 2.17 bits per heavy atom. The Kier molecular flexibility index (Phi) is 2.29. The van der Waals surface area contributed by atoms with Crippen molar-refractivity contribution in [2.24, 2.45) is 0 Å². The molecular formula is C12H11NO5. The second-order valence-electron chi connectivity index (χ2n) is 4.14. The SMILES string of the molecule is O=c1[nH]c(O)c([C@@H]2CCOc3cc(O)ccc32)o1. The zero-order valence-corrected chi connectivity index (χ0v) is 9.34. The van der Waals surface area contributed by atoms with E-state index >= 15 is 0 Å². The summed E-state index contributed by atoms with van der Waals surface area (Å²) in [6.45, 7) is 0.426. The lowest BCUT2D eigenvalue weighted by molar-refractivity contribution is 0.262. The third kappa shape index (κ3) is 1.62. The molecule has 2 aromatic rings. The Morgan fingerprint density at radius 1 is 1.33 bits per heavy atom. The summed E-state index contributed by atoms with van der Waals surface area (Å²) in [5, 5.41) is 19.0. The van der Waals surface area contributed by atoms with Gasteiger partial charge in [-0.3, -0.25) is 4.98 Å². The number of hydrogen-bond acceptors (Lipinski definition) is 5. The van der Waals surface area contributed by atoms with Crippen molar-refractivity contribution in [2.45, 2.75) is 12.3 Å². The summed E-state index contributed by atoms with van der Waals surface area (Å²) in [5.41, 5.74) is 0.775. The van der Waals surface area contributed by atoms with Crippen molar-refractivity contribution in [2.75, 3.05) is 6.61 Å². The molecule has 1 aliphatic rings. The van der Waals surface area contributed by atoms with Gasteiger partial charge in [-0.15, -0.1) is 0 Å². The molecule has 18 heavy (non-hydrogen) atoms. The number of aromatic hydroxyl groups is 2. The number of fused-ring (bicyclic) bond motifs is 1. The van der Waals surface area contributed by atoms with E-state index < -0.39 is 5.76 Å². The number of H-pyrrole nitrogens is 1. The number of aromatic nitrogens is 1. The normalized spacial score (nSPS) is 18.1. The number of rotatable bonds is 1. The predicted octanol–water partition coefficient (Wildman–Crippen LogP) is 1.29. The van der Waals surface area contributed by atoms with Gasteiger partial charge in [-0.2, -0.15) is 0 Å². The van der Waals surface area contributed by atoms with Crippen LogP contribution in [0.15, 0.2) is 27.4 Å². The Morgan fingerprint density at radius 3 is 2.89 bits per heavy atom. The summed E-state index contributed by atoms with van der Waals surface area (Å²) in [7, 11) is 0. The topological polar surface area (TPSA) is 95.7 Å². The van der Waals surface area contributed by atoms with Crippen LogP contribution in [0.2, 0.25) is 0 Å². The molecule has 0 fully saturated rings. The molecule has 0 unspecified atom stereocenters. The van der Waals surface area contributed by atoms with E-state index in [1.54, 1.807) is 6.07 Å². The molecule has 1 aromatic carbocycles. The van der Waals surface area contributed by atoms with Gasteiger partial charge in [0.15, 0.2) is 5.76 Å². The lowest BCUT2D eigenvalue weighted by atomic mass is 9.91. The molecule has 1 aromatic heterocycles. The third-order valence-corrected chi connectivity index (χ3v) is 3.01. The predicted molar refractivity (Wildman–Crippen MR) is 61.1 cm³/mol. The van der Waals surface area contributed by atoms with Gasteiger partial charge >= 0.3 is 5.76 Å². The van der Waals surface area contributed by atoms with Gasteiger partial charge in [0.25, 0.3) is 0 Å². The van der Waals surface area contributed by atoms with Crippen molar-refractivity contribution < 1.29 is 19.4 Å². The van der Waals surface area contributed by atoms with Crippen LogP contribution in [0.25, 0.3) is 0 Å². The summed E-state index contributed by atoms with van der Waals surface area (Å²) in [6.07, 6.45) is 0.589. The van der Waals surface area contributed by atoms with Crippen LogP contribution < -0.4 is 10.5 Å². The van der Waals surface area contributed by atoms with Gasteiger partial charge in [0, 0.05) is 11.6 Å². The molecule has 6 nitrogen and oxygen atoms in total. The molecule has 2 heterocycles. The molecule has 0 saturated carbocycles. The fourth-order valence-corrected chi connectivity index (χ4v) is 2.22. The van der Waals surface area contributed by atoms with Crippen LogP contribution >= 0.6 is 0 Å². The van der Waals surface area contributed by atoms with Gasteiger partial charge in [-0.25, -0.2) is 4.79 Å². The molecule has 0 bridgehead atoms. The molecule has 1 aliphatic heterocycles. The van der Waals surface area contributed by atoms with Gasteiger partial charge in [0.05, 0.1) is 12.5 Å². The van der Waals surface area contributed by atoms with Gasteiger partial charge in [-0.1, -0.05) is 6.07 Å². The summed E-state index contributed by atoms with van der Waals surface area (Å²) in [5.74, 6) is -0.354. The van der Waals surface area contributed by atoms with Crippen LogP contribution in [0.3, 0.4) is 0 Å². The number of oxazole rings is 1. The maximum Gasteiger partial charge on any atom is 0.419 e. The highest BCUT2D eigenvalue weighted by molar-refractivity contribution is 5.46. The minimum atomic E-state index is -0.686. The van der Waals surface area contributed by atoms with Crippen molar-refractivity contribution in [3.8, 4) is 17.4 Å². The number of phenols is 1. The van der Waals surface area contributed by atoms with Crippen LogP contribution in [0.5, 0.6) is 17.4 Å². The largest absolute Gasteiger partial charge is 0.508 e. The summed E-state index contributed by atoms with van der Waals surface area (Å²) < 4.78 is 10.4. The van der Waals surface area contributed by atoms with E-state index in [0.29, 0.717) is 18.8 Å². The second-order valence-corrected chi connectivity index (χ2v) is 4.14. The molecule has 0 saturated heterocycles. The van der Waals surface area contributed by atoms with Crippen LogP contribution in [0.4, 0.5) is 0 Å². The first-order chi connectivity index (χ1) is 8.65. The van der Waals surface area contributed by atoms with Gasteiger partial charge in [-0.05, 0) is 12.5 Å². The summed E-state index contributed by atoms with van der Waals surface area (Å²) >= 11 is 0. The number of benzene rings is 1. The Hall–Kier alpha value is -2.37. The highest BCUT2D eigenvalue weighted by Crippen LogP contribution is 2.41. The molecular weight excluding hydrogens is 238 g/mol. The maximum absolute atomic E-state index is 11.1. The molecule has 0 amide bonds. The monoisotopic (exact) mass is 249 g/mol. The number of nitrogens with one attached hydrogen (secondary N) is 1. The standard InChI is InChI=1S/C12H11NO5/c14-6-1-2-7-8(3-4-17-9(7)5-6)10-11(15)13-12(16)18-10/h1-2,5,8,14-15H,3-4H2,(H,13,16)/t8-/m1/s1. The van der Waals surface area contributed by atoms with Crippen LogP contribution in [0, 0.1) is 0 Å². The zero-order valence-electron chi connectivity index (χ0n) is 9.34. The highest BCUT2D eigenvalue weighted by atomic mass is 16.5. The average Bonchev–Trinajstić information content (AvgIpc) is 2.67. The van der Waals surface area contributed by atoms with E-state index in [0.717, 1.165) is 5.56 Å². The number of aromatic amines is 1. The highest BCUT2D eigenvalue weighted by Gasteiger charge is 2.29. The first-order valence-corrected chi connectivity index (χ1v) is 5.53.